The summed E-state index contributed by atoms with van der Waals surface area (Å²) in [5.74, 6) is 0.152. The summed E-state index contributed by atoms with van der Waals surface area (Å²) in [6.45, 7) is 1.71. The molecule has 3 aromatic carbocycles. The van der Waals surface area contributed by atoms with Gasteiger partial charge in [0, 0.05) is 15.4 Å². The maximum absolute atomic E-state index is 14.0. The number of hydrogen-bond donors (Lipinski definition) is 0. The monoisotopic (exact) mass is 452 g/mol. The van der Waals surface area contributed by atoms with Crippen LogP contribution in [0.15, 0.2) is 81.0 Å². The van der Waals surface area contributed by atoms with Crippen LogP contribution in [-0.4, -0.2) is 11.1 Å². The van der Waals surface area contributed by atoms with E-state index in [-0.39, 0.29) is 5.91 Å². The molecule has 0 spiro atoms. The van der Waals surface area contributed by atoms with Crippen LogP contribution in [0.2, 0.25) is 10.0 Å². The van der Waals surface area contributed by atoms with E-state index in [2.05, 4.69) is 5.16 Å². The van der Waals surface area contributed by atoms with Gasteiger partial charge in [-0.1, -0.05) is 70.5 Å². The maximum Gasteiger partial charge on any atom is 0.268 e. The van der Waals surface area contributed by atoms with Gasteiger partial charge in [0.05, 0.1) is 21.4 Å². The summed E-state index contributed by atoms with van der Waals surface area (Å²) in [5, 5.41) is 4.94. The molecule has 2 heterocycles. The van der Waals surface area contributed by atoms with Crippen molar-refractivity contribution in [2.24, 2.45) is 0 Å². The van der Waals surface area contributed by atoms with Gasteiger partial charge in [0.15, 0.2) is 0 Å². The molecule has 30 heavy (non-hydrogen) atoms. The molecule has 0 atom stereocenters. The van der Waals surface area contributed by atoms with Crippen molar-refractivity contribution in [2.45, 2.75) is 16.7 Å². The molecule has 0 saturated carbocycles. The molecule has 0 N–H and O–H groups in total. The minimum atomic E-state index is -0.250. The Morgan fingerprint density at radius 1 is 0.900 bits per heavy atom. The lowest BCUT2D eigenvalue weighted by Gasteiger charge is -2.31. The second-order valence-electron chi connectivity index (χ2n) is 6.74. The zero-order valence-electron chi connectivity index (χ0n) is 15.7. The topological polar surface area (TPSA) is 46.3 Å². The van der Waals surface area contributed by atoms with Gasteiger partial charge in [-0.3, -0.25) is 9.69 Å². The smallest absolute Gasteiger partial charge is 0.268 e. The fourth-order valence-electron chi connectivity index (χ4n) is 3.55. The number of para-hydroxylation sites is 2. The van der Waals surface area contributed by atoms with Crippen LogP contribution >= 0.6 is 35.0 Å². The van der Waals surface area contributed by atoms with E-state index in [9.17, 15) is 4.79 Å². The number of fused-ring (bicyclic) bond motifs is 2. The third-order valence-electron chi connectivity index (χ3n) is 4.91. The molecule has 0 fully saturated rings. The fourth-order valence-corrected chi connectivity index (χ4v) is 5.19. The predicted octanol–water partition coefficient (Wildman–Crippen LogP) is 7.40. The normalized spacial score (nSPS) is 12.4. The highest BCUT2D eigenvalue weighted by Crippen LogP contribution is 2.49. The summed E-state index contributed by atoms with van der Waals surface area (Å²) in [4.78, 5) is 17.7. The van der Waals surface area contributed by atoms with E-state index in [1.54, 1.807) is 41.8 Å². The molecule has 4 nitrogen and oxygen atoms in total. The fraction of sp³-hybridized carbons (Fsp3) is 0.0435. The van der Waals surface area contributed by atoms with Gasteiger partial charge in [-0.2, -0.15) is 0 Å². The molecule has 0 bridgehead atoms. The summed E-state index contributed by atoms with van der Waals surface area (Å²) in [5.41, 5.74) is 2.77. The van der Waals surface area contributed by atoms with Crippen molar-refractivity contribution in [1.82, 2.24) is 5.16 Å². The van der Waals surface area contributed by atoms with Crippen LogP contribution in [0, 0.1) is 6.92 Å². The molecule has 1 aromatic heterocycles. The first-order chi connectivity index (χ1) is 14.6. The second-order valence-corrected chi connectivity index (χ2v) is 8.64. The molecule has 148 valence electrons. The predicted molar refractivity (Wildman–Crippen MR) is 120 cm³/mol. The van der Waals surface area contributed by atoms with E-state index >= 15 is 0 Å². The second kappa shape index (κ2) is 7.51. The number of carbonyl (C=O) groups is 1. The summed E-state index contributed by atoms with van der Waals surface area (Å²) in [6.07, 6.45) is 0. The maximum atomic E-state index is 14.0. The number of anilines is 2. The van der Waals surface area contributed by atoms with Gasteiger partial charge in [-0.15, -0.1) is 0 Å². The zero-order valence-corrected chi connectivity index (χ0v) is 18.1. The Labute approximate surface area is 187 Å². The molecule has 0 unspecified atom stereocenters. The van der Waals surface area contributed by atoms with Gasteiger partial charge in [0.25, 0.3) is 5.91 Å². The first-order valence-electron chi connectivity index (χ1n) is 9.17. The molecule has 0 aliphatic carbocycles. The average Bonchev–Trinajstić information content (AvgIpc) is 3.12. The lowest BCUT2D eigenvalue weighted by atomic mass is 10.0. The van der Waals surface area contributed by atoms with Crippen molar-refractivity contribution in [1.29, 1.82) is 0 Å². The molecule has 4 aromatic rings. The third kappa shape index (κ3) is 3.01. The summed E-state index contributed by atoms with van der Waals surface area (Å²) in [7, 11) is 0. The molecule has 7 heteroatoms. The largest absolute Gasteiger partial charge is 0.360 e. The van der Waals surface area contributed by atoms with Gasteiger partial charge >= 0.3 is 0 Å². The molecule has 0 saturated heterocycles. The van der Waals surface area contributed by atoms with E-state index in [0.29, 0.717) is 32.6 Å². The van der Waals surface area contributed by atoms with E-state index in [1.807, 2.05) is 48.5 Å². The Kier molecular flexibility index (Phi) is 4.82. The van der Waals surface area contributed by atoms with Gasteiger partial charge in [0.2, 0.25) is 0 Å². The van der Waals surface area contributed by atoms with Crippen molar-refractivity contribution in [3.63, 3.8) is 0 Å². The number of hydrogen-bond acceptors (Lipinski definition) is 4. The number of aryl methyl sites for hydroxylation is 1. The van der Waals surface area contributed by atoms with E-state index in [4.69, 9.17) is 27.7 Å². The zero-order chi connectivity index (χ0) is 20.8. The highest BCUT2D eigenvalue weighted by Gasteiger charge is 2.34. The number of benzene rings is 3. The minimum absolute atomic E-state index is 0.250. The van der Waals surface area contributed by atoms with Crippen LogP contribution in [0.4, 0.5) is 11.4 Å². The Balaban J connectivity index is 1.72. The molecule has 1 aliphatic heterocycles. The number of nitrogens with zero attached hydrogens (tertiary/aromatic N) is 2. The lowest BCUT2D eigenvalue weighted by molar-refractivity contribution is 0.0997. The Morgan fingerprint density at radius 3 is 2.07 bits per heavy atom. The lowest BCUT2D eigenvalue weighted by Crippen LogP contribution is -2.29. The molecule has 0 radical (unpaired) electrons. The molecule has 1 amide bonds. The number of rotatable bonds is 2. The van der Waals surface area contributed by atoms with Crippen LogP contribution in [0.3, 0.4) is 0 Å². The Bertz CT molecular complexity index is 1240. The van der Waals surface area contributed by atoms with E-state index in [0.717, 1.165) is 21.2 Å². The number of halogens is 2. The molecular weight excluding hydrogens is 439 g/mol. The van der Waals surface area contributed by atoms with Crippen LogP contribution in [0.25, 0.3) is 11.3 Å². The van der Waals surface area contributed by atoms with Crippen LogP contribution in [0.1, 0.15) is 16.1 Å². The minimum Gasteiger partial charge on any atom is -0.360 e. The number of aromatic nitrogens is 1. The van der Waals surface area contributed by atoms with Gasteiger partial charge in [-0.25, -0.2) is 0 Å². The Morgan fingerprint density at radius 2 is 1.47 bits per heavy atom. The molecular formula is C23H14Cl2N2O2S. The molecule has 5 rings (SSSR count). The summed E-state index contributed by atoms with van der Waals surface area (Å²) >= 11 is 14.4. The van der Waals surface area contributed by atoms with Crippen LogP contribution in [-0.2, 0) is 0 Å². The van der Waals surface area contributed by atoms with Gasteiger partial charge in [0.1, 0.15) is 17.0 Å². The van der Waals surface area contributed by atoms with Crippen molar-refractivity contribution in [3.05, 3.63) is 88.1 Å². The first-order valence-corrected chi connectivity index (χ1v) is 10.7. The number of carbonyl (C=O) groups excluding carboxylic acids is 1. The van der Waals surface area contributed by atoms with Crippen molar-refractivity contribution in [2.75, 3.05) is 4.90 Å². The van der Waals surface area contributed by atoms with Gasteiger partial charge in [-0.05, 0) is 43.3 Å². The van der Waals surface area contributed by atoms with Crippen LogP contribution in [0.5, 0.6) is 0 Å². The van der Waals surface area contributed by atoms with Crippen molar-refractivity contribution in [3.8, 4) is 11.3 Å². The number of amides is 1. The summed E-state index contributed by atoms with van der Waals surface area (Å²) < 4.78 is 5.43. The summed E-state index contributed by atoms with van der Waals surface area (Å²) in [6, 6.07) is 20.8. The van der Waals surface area contributed by atoms with Crippen molar-refractivity contribution >= 4 is 52.2 Å². The quantitative estimate of drug-likeness (QED) is 0.317. The van der Waals surface area contributed by atoms with E-state index in [1.165, 1.54) is 0 Å². The van der Waals surface area contributed by atoms with E-state index < -0.39 is 0 Å². The standard InChI is InChI=1S/C23H14Cl2N2O2S/c1-13-20(22(26-29-13)21-14(24)7-6-8-15(21)25)23(28)27-16-9-2-4-11-18(16)30-19-12-5-3-10-17(19)27/h2-12H,1H3. The average molecular weight is 453 g/mol. The SMILES string of the molecule is Cc1onc(-c2c(Cl)cccc2Cl)c1C(=O)N1c2ccccc2Sc2ccccc21. The Hall–Kier alpha value is -2.73. The molecule has 1 aliphatic rings. The highest BCUT2D eigenvalue weighted by molar-refractivity contribution is 7.99. The van der Waals surface area contributed by atoms with Crippen LogP contribution < -0.4 is 4.90 Å². The third-order valence-corrected chi connectivity index (χ3v) is 6.67. The first kappa shape index (κ1) is 19.2. The van der Waals surface area contributed by atoms with Crippen molar-refractivity contribution < 1.29 is 9.32 Å². The van der Waals surface area contributed by atoms with Gasteiger partial charge < -0.3 is 4.52 Å². The highest BCUT2D eigenvalue weighted by atomic mass is 35.5.